The van der Waals surface area contributed by atoms with Gasteiger partial charge in [0.2, 0.25) is 5.91 Å². The van der Waals surface area contributed by atoms with Gasteiger partial charge in [0, 0.05) is 6.54 Å². The van der Waals surface area contributed by atoms with E-state index in [1.165, 1.54) is 6.92 Å². The summed E-state index contributed by atoms with van der Waals surface area (Å²) in [5.41, 5.74) is 0. The van der Waals surface area contributed by atoms with E-state index >= 15 is 0 Å². The van der Waals surface area contributed by atoms with Gasteiger partial charge < -0.3 is 5.32 Å². The second-order valence-electron chi connectivity index (χ2n) is 3.40. The number of nitrogens with zero attached hydrogens (tertiary/aromatic N) is 1. The number of amides is 5. The van der Waals surface area contributed by atoms with Gasteiger partial charge in [0.1, 0.15) is 6.04 Å². The standard InChI is InChI=1S/C9H13N3O4/c1-3-4-10-6(13)5(2)12-8(15)7(14)11-9(12)16/h5H,3-4H2,1-2H3,(H,10,13)(H,11,14,16). The number of nitrogens with one attached hydrogen (secondary N) is 2. The summed E-state index contributed by atoms with van der Waals surface area (Å²) in [6, 6.07) is -1.83. The van der Waals surface area contributed by atoms with E-state index in [2.05, 4.69) is 5.32 Å². The van der Waals surface area contributed by atoms with Crippen molar-refractivity contribution < 1.29 is 19.2 Å². The summed E-state index contributed by atoms with van der Waals surface area (Å²) in [6.45, 7) is 3.73. The van der Waals surface area contributed by atoms with Crippen molar-refractivity contribution >= 4 is 23.8 Å². The zero-order chi connectivity index (χ0) is 12.3. The summed E-state index contributed by atoms with van der Waals surface area (Å²) in [4.78, 5) is 45.4. The lowest BCUT2D eigenvalue weighted by Gasteiger charge is -2.19. The van der Waals surface area contributed by atoms with Crippen molar-refractivity contribution in [2.75, 3.05) is 6.54 Å². The summed E-state index contributed by atoms with van der Waals surface area (Å²) in [5, 5.41) is 4.37. The maximum Gasteiger partial charge on any atom is 0.332 e. The number of imide groups is 2. The lowest BCUT2D eigenvalue weighted by Crippen LogP contribution is -2.48. The van der Waals surface area contributed by atoms with Crippen LogP contribution in [-0.2, 0) is 14.4 Å². The Morgan fingerprint density at radius 3 is 2.50 bits per heavy atom. The lowest BCUT2D eigenvalue weighted by atomic mass is 10.2. The maximum absolute atomic E-state index is 11.5. The summed E-state index contributed by atoms with van der Waals surface area (Å²) >= 11 is 0. The zero-order valence-corrected chi connectivity index (χ0v) is 9.07. The molecule has 16 heavy (non-hydrogen) atoms. The molecular formula is C9H13N3O4. The van der Waals surface area contributed by atoms with Crippen LogP contribution in [0.4, 0.5) is 4.79 Å². The average molecular weight is 227 g/mol. The molecule has 0 bridgehead atoms. The number of carbonyl (C=O) groups excluding carboxylic acids is 4. The maximum atomic E-state index is 11.5. The number of rotatable bonds is 4. The van der Waals surface area contributed by atoms with Crippen molar-refractivity contribution in [1.82, 2.24) is 15.5 Å². The Morgan fingerprint density at radius 2 is 2.06 bits per heavy atom. The van der Waals surface area contributed by atoms with E-state index in [1.54, 1.807) is 0 Å². The molecule has 1 heterocycles. The van der Waals surface area contributed by atoms with Gasteiger partial charge in [-0.2, -0.15) is 0 Å². The molecule has 0 aliphatic carbocycles. The van der Waals surface area contributed by atoms with E-state index in [4.69, 9.17) is 0 Å². The van der Waals surface area contributed by atoms with Crippen molar-refractivity contribution in [2.45, 2.75) is 26.3 Å². The van der Waals surface area contributed by atoms with Gasteiger partial charge in [-0.1, -0.05) is 6.92 Å². The number of carbonyl (C=O) groups is 4. The van der Waals surface area contributed by atoms with E-state index in [-0.39, 0.29) is 0 Å². The normalized spacial score (nSPS) is 17.4. The van der Waals surface area contributed by atoms with Crippen LogP contribution < -0.4 is 10.6 Å². The third-order valence-electron chi connectivity index (χ3n) is 2.17. The molecule has 88 valence electrons. The molecule has 0 radical (unpaired) electrons. The first-order chi connectivity index (χ1) is 7.49. The number of hydrogen-bond donors (Lipinski definition) is 2. The predicted octanol–water partition coefficient (Wildman–Crippen LogP) is -1.02. The van der Waals surface area contributed by atoms with Gasteiger partial charge in [0.25, 0.3) is 0 Å². The topological polar surface area (TPSA) is 95.6 Å². The van der Waals surface area contributed by atoms with E-state index in [9.17, 15) is 19.2 Å². The SMILES string of the molecule is CCCNC(=O)C(C)N1C(=O)NC(=O)C1=O. The molecule has 1 aliphatic rings. The molecule has 7 nitrogen and oxygen atoms in total. The molecule has 1 unspecified atom stereocenters. The molecule has 1 aliphatic heterocycles. The minimum atomic E-state index is -1.000. The van der Waals surface area contributed by atoms with Crippen LogP contribution in [0.5, 0.6) is 0 Å². The Hall–Kier alpha value is -1.92. The van der Waals surface area contributed by atoms with Gasteiger partial charge in [0.05, 0.1) is 0 Å². The minimum absolute atomic E-state index is 0.458. The van der Waals surface area contributed by atoms with Crippen molar-refractivity contribution in [3.8, 4) is 0 Å². The second-order valence-corrected chi connectivity index (χ2v) is 3.40. The van der Waals surface area contributed by atoms with Crippen LogP contribution in [0.3, 0.4) is 0 Å². The molecular weight excluding hydrogens is 214 g/mol. The highest BCUT2D eigenvalue weighted by molar-refractivity contribution is 6.45. The van der Waals surface area contributed by atoms with E-state index in [0.717, 1.165) is 6.42 Å². The summed E-state index contributed by atoms with van der Waals surface area (Å²) in [5.74, 6) is -2.45. The molecule has 0 aromatic heterocycles. The van der Waals surface area contributed by atoms with Gasteiger partial charge >= 0.3 is 17.8 Å². The quantitative estimate of drug-likeness (QED) is 0.474. The third-order valence-corrected chi connectivity index (χ3v) is 2.17. The molecule has 1 fully saturated rings. The fourth-order valence-electron chi connectivity index (χ4n) is 1.28. The highest BCUT2D eigenvalue weighted by Gasteiger charge is 2.42. The second kappa shape index (κ2) is 4.73. The zero-order valence-electron chi connectivity index (χ0n) is 9.07. The summed E-state index contributed by atoms with van der Waals surface area (Å²) < 4.78 is 0. The predicted molar refractivity (Wildman–Crippen MR) is 53.1 cm³/mol. The largest absolute Gasteiger partial charge is 0.354 e. The van der Waals surface area contributed by atoms with Crippen LogP contribution in [0.25, 0.3) is 0 Å². The minimum Gasteiger partial charge on any atom is -0.354 e. The smallest absolute Gasteiger partial charge is 0.332 e. The summed E-state index contributed by atoms with van der Waals surface area (Å²) in [7, 11) is 0. The van der Waals surface area contributed by atoms with Crippen molar-refractivity contribution in [3.63, 3.8) is 0 Å². The molecule has 1 atom stereocenters. The molecule has 7 heteroatoms. The highest BCUT2D eigenvalue weighted by Crippen LogP contribution is 2.06. The van der Waals surface area contributed by atoms with E-state index < -0.39 is 29.8 Å². The average Bonchev–Trinajstić information content (AvgIpc) is 2.49. The molecule has 1 rings (SSSR count). The van der Waals surface area contributed by atoms with Crippen LogP contribution in [0.1, 0.15) is 20.3 Å². The van der Waals surface area contributed by atoms with Crippen molar-refractivity contribution in [2.24, 2.45) is 0 Å². The van der Waals surface area contributed by atoms with E-state index in [0.29, 0.717) is 11.4 Å². The Kier molecular flexibility index (Phi) is 3.60. The molecule has 2 N–H and O–H groups in total. The summed E-state index contributed by atoms with van der Waals surface area (Å²) in [6.07, 6.45) is 0.748. The van der Waals surface area contributed by atoms with Crippen LogP contribution in [-0.4, -0.2) is 41.2 Å². The first-order valence-electron chi connectivity index (χ1n) is 4.95. The Morgan fingerprint density at radius 1 is 1.44 bits per heavy atom. The highest BCUT2D eigenvalue weighted by atomic mass is 16.2. The molecule has 5 amide bonds. The number of hydrogen-bond acceptors (Lipinski definition) is 4. The molecule has 0 spiro atoms. The Balaban J connectivity index is 2.70. The van der Waals surface area contributed by atoms with Gasteiger partial charge in [0.15, 0.2) is 0 Å². The van der Waals surface area contributed by atoms with Crippen molar-refractivity contribution in [1.29, 1.82) is 0 Å². The lowest BCUT2D eigenvalue weighted by molar-refractivity contribution is -0.142. The number of urea groups is 1. The van der Waals surface area contributed by atoms with Gasteiger partial charge in [-0.05, 0) is 13.3 Å². The Bertz CT molecular complexity index is 353. The molecule has 0 aromatic carbocycles. The molecule has 0 aromatic rings. The van der Waals surface area contributed by atoms with Gasteiger partial charge in [-0.25, -0.2) is 9.69 Å². The Labute approximate surface area is 92.2 Å². The van der Waals surface area contributed by atoms with E-state index in [1.807, 2.05) is 12.2 Å². The van der Waals surface area contributed by atoms with Gasteiger partial charge in [-0.3, -0.25) is 19.7 Å². The fraction of sp³-hybridized carbons (Fsp3) is 0.556. The van der Waals surface area contributed by atoms with Crippen LogP contribution in [0.15, 0.2) is 0 Å². The molecule has 0 saturated carbocycles. The van der Waals surface area contributed by atoms with Crippen LogP contribution in [0.2, 0.25) is 0 Å². The van der Waals surface area contributed by atoms with Crippen LogP contribution in [0, 0.1) is 0 Å². The van der Waals surface area contributed by atoms with Gasteiger partial charge in [-0.15, -0.1) is 0 Å². The first-order valence-corrected chi connectivity index (χ1v) is 4.95. The fourth-order valence-corrected chi connectivity index (χ4v) is 1.28. The first kappa shape index (κ1) is 12.2. The van der Waals surface area contributed by atoms with Crippen molar-refractivity contribution in [3.05, 3.63) is 0 Å². The van der Waals surface area contributed by atoms with Crippen LogP contribution >= 0.6 is 0 Å². The third kappa shape index (κ3) is 2.18. The molecule has 1 saturated heterocycles. The monoisotopic (exact) mass is 227 g/mol.